The zero-order valence-electron chi connectivity index (χ0n) is 12.7. The van der Waals surface area contributed by atoms with E-state index in [1.807, 2.05) is 12.1 Å². The summed E-state index contributed by atoms with van der Waals surface area (Å²) >= 11 is 0. The third kappa shape index (κ3) is 2.90. The number of rotatable bonds is 4. The molecule has 0 aliphatic heterocycles. The Morgan fingerprint density at radius 2 is 1.45 bits per heavy atom. The lowest BCUT2D eigenvalue weighted by atomic mass is 9.48. The molecule has 4 aliphatic carbocycles. The Hall–Kier alpha value is -1.02. The van der Waals surface area contributed by atoms with Crippen molar-refractivity contribution >= 4 is 0 Å². The Balaban J connectivity index is 0.00000144. The Bertz CT molecular complexity index is 470. The number of hydrogen-bond donors (Lipinski definition) is 2. The monoisotopic (exact) mass is 302 g/mol. The van der Waals surface area contributed by atoms with Gasteiger partial charge in [-0.2, -0.15) is 0 Å². The van der Waals surface area contributed by atoms with Crippen LogP contribution in [0.25, 0.3) is 0 Å². The molecule has 4 bridgehead atoms. The molecule has 2 N–H and O–H groups in total. The van der Waals surface area contributed by atoms with Gasteiger partial charge in [-0.1, -0.05) is 19.6 Å². The predicted octanol–water partition coefficient (Wildman–Crippen LogP) is 5.06. The summed E-state index contributed by atoms with van der Waals surface area (Å²) in [6.45, 7) is 0. The van der Waals surface area contributed by atoms with Gasteiger partial charge in [0, 0.05) is 0 Å². The molecule has 4 fully saturated rings. The van der Waals surface area contributed by atoms with Crippen LogP contribution in [0.15, 0.2) is 24.3 Å². The Labute approximate surface area is 134 Å². The maximum Gasteiger partial charge on any atom is 0.115 e. The molecule has 0 spiro atoms. The topological polar surface area (TPSA) is 40.5 Å². The highest BCUT2D eigenvalue weighted by atomic mass is 16.3. The number of hydrogen-bond acceptors (Lipinski definition) is 2. The fourth-order valence-corrected chi connectivity index (χ4v) is 5.90. The highest BCUT2D eigenvalue weighted by Crippen LogP contribution is 2.61. The standard InChI is InChI=1S/C19H26O2.CH4/c20-17-3-1-16(2-4-17)18(21)5-6-19-10-13-7-14(11-19)9-15(8-13)12-19;/h1-4,13-15,18,20-21H,5-12H2;1H4. The average molecular weight is 302 g/mol. The highest BCUT2D eigenvalue weighted by Gasteiger charge is 2.50. The molecule has 122 valence electrons. The molecule has 1 unspecified atom stereocenters. The number of phenols is 1. The van der Waals surface area contributed by atoms with Gasteiger partial charge in [-0.25, -0.2) is 0 Å². The minimum Gasteiger partial charge on any atom is -0.508 e. The summed E-state index contributed by atoms with van der Waals surface area (Å²) in [4.78, 5) is 0. The van der Waals surface area contributed by atoms with Crippen LogP contribution in [0.2, 0.25) is 0 Å². The molecule has 1 aromatic rings. The molecule has 22 heavy (non-hydrogen) atoms. The SMILES string of the molecule is C.Oc1ccc(C(O)CCC23CC4CC(CC(C4)C2)C3)cc1. The van der Waals surface area contributed by atoms with Crippen molar-refractivity contribution in [2.24, 2.45) is 23.2 Å². The van der Waals surface area contributed by atoms with E-state index in [0.29, 0.717) is 5.41 Å². The van der Waals surface area contributed by atoms with E-state index in [4.69, 9.17) is 0 Å². The predicted molar refractivity (Wildman–Crippen MR) is 89.6 cm³/mol. The smallest absolute Gasteiger partial charge is 0.115 e. The van der Waals surface area contributed by atoms with Crippen LogP contribution in [-0.2, 0) is 0 Å². The van der Waals surface area contributed by atoms with Gasteiger partial charge in [0.2, 0.25) is 0 Å². The summed E-state index contributed by atoms with van der Waals surface area (Å²) in [5.41, 5.74) is 1.49. The fraction of sp³-hybridized carbons (Fsp3) is 0.700. The van der Waals surface area contributed by atoms with Crippen LogP contribution in [0, 0.1) is 23.2 Å². The van der Waals surface area contributed by atoms with Crippen molar-refractivity contribution in [3.05, 3.63) is 29.8 Å². The molecule has 4 saturated carbocycles. The summed E-state index contributed by atoms with van der Waals surface area (Å²) in [5.74, 6) is 3.23. The average Bonchev–Trinajstić information content (AvgIpc) is 2.44. The molecule has 5 rings (SSSR count). The first-order valence-electron chi connectivity index (χ1n) is 8.59. The van der Waals surface area contributed by atoms with Crippen molar-refractivity contribution in [1.29, 1.82) is 0 Å². The van der Waals surface area contributed by atoms with Gasteiger partial charge in [0.15, 0.2) is 0 Å². The Morgan fingerprint density at radius 1 is 0.955 bits per heavy atom. The maximum atomic E-state index is 10.4. The van der Waals surface area contributed by atoms with Crippen molar-refractivity contribution in [2.45, 2.75) is 64.9 Å². The first-order valence-corrected chi connectivity index (χ1v) is 8.59. The second kappa shape index (κ2) is 5.88. The van der Waals surface area contributed by atoms with Crippen LogP contribution in [0.4, 0.5) is 0 Å². The van der Waals surface area contributed by atoms with E-state index in [1.54, 1.807) is 12.1 Å². The zero-order valence-corrected chi connectivity index (χ0v) is 12.7. The Morgan fingerprint density at radius 3 is 1.95 bits per heavy atom. The molecule has 0 radical (unpaired) electrons. The summed E-state index contributed by atoms with van der Waals surface area (Å²) in [5, 5.41) is 19.8. The highest BCUT2D eigenvalue weighted by molar-refractivity contribution is 5.27. The first kappa shape index (κ1) is 15.9. The molecule has 0 saturated heterocycles. The third-order valence-corrected chi connectivity index (χ3v) is 6.39. The molecule has 4 aliphatic rings. The number of aromatic hydroxyl groups is 1. The van der Waals surface area contributed by atoms with Crippen LogP contribution in [0.3, 0.4) is 0 Å². The van der Waals surface area contributed by atoms with Crippen LogP contribution in [0.1, 0.15) is 70.5 Å². The molecule has 2 heteroatoms. The quantitative estimate of drug-likeness (QED) is 0.816. The molecule has 1 aromatic carbocycles. The van der Waals surface area contributed by atoms with E-state index >= 15 is 0 Å². The first-order chi connectivity index (χ1) is 10.1. The van der Waals surface area contributed by atoms with Crippen molar-refractivity contribution in [2.75, 3.05) is 0 Å². The molecule has 2 nitrogen and oxygen atoms in total. The van der Waals surface area contributed by atoms with E-state index in [2.05, 4.69) is 0 Å². The van der Waals surface area contributed by atoms with Crippen LogP contribution in [0.5, 0.6) is 5.75 Å². The number of aliphatic hydroxyl groups is 1. The molecular formula is C20H30O2. The van der Waals surface area contributed by atoms with Crippen LogP contribution < -0.4 is 0 Å². The minimum atomic E-state index is -0.376. The third-order valence-electron chi connectivity index (χ3n) is 6.39. The number of phenolic OH excluding ortho intramolecular Hbond substituents is 1. The maximum absolute atomic E-state index is 10.4. The minimum absolute atomic E-state index is 0. The summed E-state index contributed by atoms with van der Waals surface area (Å²) in [7, 11) is 0. The van der Waals surface area contributed by atoms with Crippen molar-refractivity contribution < 1.29 is 10.2 Å². The van der Waals surface area contributed by atoms with Crippen molar-refractivity contribution in [1.82, 2.24) is 0 Å². The van der Waals surface area contributed by atoms with Gasteiger partial charge in [-0.3, -0.25) is 0 Å². The van der Waals surface area contributed by atoms with Gasteiger partial charge in [0.25, 0.3) is 0 Å². The second-order valence-electron chi connectivity index (χ2n) is 8.06. The van der Waals surface area contributed by atoms with Gasteiger partial charge >= 0.3 is 0 Å². The van der Waals surface area contributed by atoms with Crippen LogP contribution >= 0.6 is 0 Å². The number of aliphatic hydroxyl groups excluding tert-OH is 1. The summed E-state index contributed by atoms with van der Waals surface area (Å²) in [6.07, 6.45) is 10.4. The van der Waals surface area contributed by atoms with Gasteiger partial charge in [-0.05, 0) is 92.2 Å². The fourth-order valence-electron chi connectivity index (χ4n) is 5.90. The Kier molecular flexibility index (Phi) is 4.24. The molecule has 0 heterocycles. The molecule has 1 atom stereocenters. The van der Waals surface area contributed by atoms with Crippen molar-refractivity contribution in [3.8, 4) is 5.75 Å². The van der Waals surface area contributed by atoms with Crippen molar-refractivity contribution in [3.63, 3.8) is 0 Å². The van der Waals surface area contributed by atoms with Gasteiger partial charge in [0.05, 0.1) is 6.10 Å². The van der Waals surface area contributed by atoms with Gasteiger partial charge in [-0.15, -0.1) is 0 Å². The van der Waals surface area contributed by atoms with Gasteiger partial charge < -0.3 is 10.2 Å². The van der Waals surface area contributed by atoms with Gasteiger partial charge in [0.1, 0.15) is 5.75 Å². The molecule has 0 aromatic heterocycles. The lowest BCUT2D eigenvalue weighted by Crippen LogP contribution is -2.46. The normalized spacial score (nSPS) is 36.9. The van der Waals surface area contributed by atoms with Crippen LogP contribution in [-0.4, -0.2) is 10.2 Å². The lowest BCUT2D eigenvalue weighted by Gasteiger charge is -2.57. The van der Waals surface area contributed by atoms with E-state index < -0.39 is 0 Å². The van der Waals surface area contributed by atoms with E-state index in [-0.39, 0.29) is 19.3 Å². The zero-order chi connectivity index (χ0) is 14.4. The number of benzene rings is 1. The van der Waals surface area contributed by atoms with E-state index in [0.717, 1.165) is 29.7 Å². The summed E-state index contributed by atoms with van der Waals surface area (Å²) in [6, 6.07) is 7.03. The largest absolute Gasteiger partial charge is 0.508 e. The second-order valence-corrected chi connectivity index (χ2v) is 8.06. The molecular weight excluding hydrogens is 272 g/mol. The summed E-state index contributed by atoms with van der Waals surface area (Å²) < 4.78 is 0. The lowest BCUT2D eigenvalue weighted by molar-refractivity contribution is -0.0630. The van der Waals surface area contributed by atoms with E-state index in [9.17, 15) is 10.2 Å². The van der Waals surface area contributed by atoms with E-state index in [1.165, 1.54) is 44.9 Å². The molecule has 0 amide bonds.